The summed E-state index contributed by atoms with van der Waals surface area (Å²) in [6.45, 7) is 11.8. The second-order valence-electron chi connectivity index (χ2n) is 7.06. The average Bonchev–Trinajstić information content (AvgIpc) is 2.87. The SMILES string of the molecule is CCCC1CC(C#N)(CC(OCC)(OCC)OCC)CC1CCC. The Bertz CT molecular complexity index is 360. The van der Waals surface area contributed by atoms with E-state index in [1.54, 1.807) is 0 Å². The molecule has 0 N–H and O–H groups in total. The predicted molar refractivity (Wildman–Crippen MR) is 96.3 cm³/mol. The molecule has 0 aromatic heterocycles. The molecular weight excluding hydrogens is 302 g/mol. The summed E-state index contributed by atoms with van der Waals surface area (Å²) in [4.78, 5) is 0. The molecule has 4 heteroatoms. The third kappa shape index (κ3) is 5.44. The van der Waals surface area contributed by atoms with Crippen molar-refractivity contribution < 1.29 is 14.2 Å². The number of nitriles is 1. The van der Waals surface area contributed by atoms with E-state index in [9.17, 15) is 5.26 Å². The predicted octanol–water partition coefficient (Wildman–Crippen LogP) is 5.28. The fraction of sp³-hybridized carbons (Fsp3) is 0.950. The maximum Gasteiger partial charge on any atom is 0.284 e. The molecule has 2 unspecified atom stereocenters. The molecule has 140 valence electrons. The molecule has 1 aliphatic carbocycles. The summed E-state index contributed by atoms with van der Waals surface area (Å²) in [5, 5.41) is 10.0. The fourth-order valence-corrected chi connectivity index (χ4v) is 4.46. The number of ether oxygens (including phenoxy) is 3. The van der Waals surface area contributed by atoms with Crippen LogP contribution >= 0.6 is 0 Å². The van der Waals surface area contributed by atoms with Gasteiger partial charge in [0, 0.05) is 26.2 Å². The zero-order chi connectivity index (χ0) is 18.1. The van der Waals surface area contributed by atoms with Gasteiger partial charge in [0.2, 0.25) is 0 Å². The lowest BCUT2D eigenvalue weighted by Crippen LogP contribution is -2.44. The lowest BCUT2D eigenvalue weighted by Gasteiger charge is -2.37. The van der Waals surface area contributed by atoms with Crippen molar-refractivity contribution in [2.75, 3.05) is 19.8 Å². The first-order valence-corrected chi connectivity index (χ1v) is 9.87. The van der Waals surface area contributed by atoms with Gasteiger partial charge >= 0.3 is 0 Å². The lowest BCUT2D eigenvalue weighted by atomic mass is 9.81. The Labute approximate surface area is 148 Å². The molecule has 0 aromatic carbocycles. The first kappa shape index (κ1) is 21.4. The summed E-state index contributed by atoms with van der Waals surface area (Å²) in [7, 11) is 0. The molecule has 0 radical (unpaired) electrons. The standard InChI is InChI=1S/C20H37NO3/c1-6-11-17-13-19(16-21,14-18(17)12-7-2)15-20(22-8-3,23-9-4)24-10-5/h17-18H,6-15H2,1-5H3. The highest BCUT2D eigenvalue weighted by Gasteiger charge is 2.51. The molecule has 0 spiro atoms. The zero-order valence-electron chi connectivity index (χ0n) is 16.4. The smallest absolute Gasteiger partial charge is 0.284 e. The van der Waals surface area contributed by atoms with E-state index in [4.69, 9.17) is 14.2 Å². The highest BCUT2D eigenvalue weighted by atomic mass is 16.9. The minimum Gasteiger partial charge on any atom is -0.328 e. The van der Waals surface area contributed by atoms with Gasteiger partial charge in [0.05, 0.1) is 11.5 Å². The molecule has 2 atom stereocenters. The van der Waals surface area contributed by atoms with Crippen LogP contribution in [0.2, 0.25) is 0 Å². The van der Waals surface area contributed by atoms with Crippen LogP contribution in [0.3, 0.4) is 0 Å². The Morgan fingerprint density at radius 1 is 0.875 bits per heavy atom. The van der Waals surface area contributed by atoms with Crippen molar-refractivity contribution in [1.29, 1.82) is 5.26 Å². The normalized spacial score (nSPS) is 27.3. The first-order chi connectivity index (χ1) is 11.5. The molecule has 0 aromatic rings. The van der Waals surface area contributed by atoms with E-state index in [1.165, 1.54) is 25.7 Å². The van der Waals surface area contributed by atoms with E-state index < -0.39 is 11.4 Å². The number of rotatable bonds is 12. The van der Waals surface area contributed by atoms with Gasteiger partial charge in [-0.25, -0.2) is 0 Å². The Balaban J connectivity index is 3.01. The molecule has 1 saturated carbocycles. The van der Waals surface area contributed by atoms with Gasteiger partial charge in [-0.15, -0.1) is 0 Å². The van der Waals surface area contributed by atoms with Gasteiger partial charge in [-0.2, -0.15) is 5.26 Å². The molecule has 1 fully saturated rings. The van der Waals surface area contributed by atoms with E-state index in [-0.39, 0.29) is 0 Å². The highest BCUT2D eigenvalue weighted by molar-refractivity contribution is 5.08. The van der Waals surface area contributed by atoms with Crippen molar-refractivity contribution >= 4 is 0 Å². The van der Waals surface area contributed by atoms with Crippen LogP contribution < -0.4 is 0 Å². The Kier molecular flexibility index (Phi) is 9.26. The van der Waals surface area contributed by atoms with Crippen LogP contribution in [0.15, 0.2) is 0 Å². The van der Waals surface area contributed by atoms with Crippen LogP contribution in [-0.2, 0) is 14.2 Å². The van der Waals surface area contributed by atoms with Crippen molar-refractivity contribution in [3.05, 3.63) is 0 Å². The molecule has 1 aliphatic rings. The van der Waals surface area contributed by atoms with Crippen molar-refractivity contribution in [3.63, 3.8) is 0 Å². The monoisotopic (exact) mass is 339 g/mol. The van der Waals surface area contributed by atoms with Crippen LogP contribution in [-0.4, -0.2) is 25.8 Å². The zero-order valence-corrected chi connectivity index (χ0v) is 16.4. The molecule has 0 heterocycles. The van der Waals surface area contributed by atoms with E-state index in [0.717, 1.165) is 12.8 Å². The summed E-state index contributed by atoms with van der Waals surface area (Å²) in [5.41, 5.74) is -0.404. The quantitative estimate of drug-likeness (QED) is 0.454. The van der Waals surface area contributed by atoms with Gasteiger partial charge < -0.3 is 14.2 Å². The van der Waals surface area contributed by atoms with Crippen LogP contribution in [0.25, 0.3) is 0 Å². The minimum atomic E-state index is -1.08. The van der Waals surface area contributed by atoms with Crippen molar-refractivity contribution in [2.24, 2.45) is 17.3 Å². The fourth-order valence-electron chi connectivity index (χ4n) is 4.46. The first-order valence-electron chi connectivity index (χ1n) is 9.87. The van der Waals surface area contributed by atoms with Crippen LogP contribution in [0, 0.1) is 28.6 Å². The van der Waals surface area contributed by atoms with Crippen molar-refractivity contribution in [2.45, 2.75) is 85.5 Å². The molecule has 4 nitrogen and oxygen atoms in total. The van der Waals surface area contributed by atoms with E-state index in [2.05, 4.69) is 19.9 Å². The molecule has 0 saturated heterocycles. The summed E-state index contributed by atoms with van der Waals surface area (Å²) in [5.74, 6) is 0.195. The molecule has 24 heavy (non-hydrogen) atoms. The maximum atomic E-state index is 10.0. The summed E-state index contributed by atoms with van der Waals surface area (Å²) in [6.07, 6.45) is 7.16. The highest BCUT2D eigenvalue weighted by Crippen LogP contribution is 2.53. The Hall–Kier alpha value is -0.630. The van der Waals surface area contributed by atoms with Crippen molar-refractivity contribution in [1.82, 2.24) is 0 Å². The van der Waals surface area contributed by atoms with E-state index in [0.29, 0.717) is 38.1 Å². The van der Waals surface area contributed by atoms with Crippen LogP contribution in [0.4, 0.5) is 0 Å². The van der Waals surface area contributed by atoms with Gasteiger partial charge in [0.1, 0.15) is 0 Å². The summed E-state index contributed by atoms with van der Waals surface area (Å²) >= 11 is 0. The van der Waals surface area contributed by atoms with Crippen LogP contribution in [0.5, 0.6) is 0 Å². The number of hydrogen-bond donors (Lipinski definition) is 0. The molecule has 0 aliphatic heterocycles. The Morgan fingerprint density at radius 2 is 1.29 bits per heavy atom. The van der Waals surface area contributed by atoms with Crippen LogP contribution in [0.1, 0.15) is 79.6 Å². The summed E-state index contributed by atoms with van der Waals surface area (Å²) < 4.78 is 17.7. The van der Waals surface area contributed by atoms with Gasteiger partial charge in [-0.1, -0.05) is 39.5 Å². The van der Waals surface area contributed by atoms with Gasteiger partial charge in [-0.05, 0) is 45.4 Å². The molecule has 1 rings (SSSR count). The topological polar surface area (TPSA) is 51.5 Å². The number of nitrogens with zero attached hydrogens (tertiary/aromatic N) is 1. The Morgan fingerprint density at radius 3 is 1.58 bits per heavy atom. The second kappa shape index (κ2) is 10.4. The molecule has 0 amide bonds. The number of hydrogen-bond acceptors (Lipinski definition) is 4. The van der Waals surface area contributed by atoms with Gasteiger partial charge in [0.25, 0.3) is 5.97 Å². The second-order valence-corrected chi connectivity index (χ2v) is 7.06. The largest absolute Gasteiger partial charge is 0.328 e. The van der Waals surface area contributed by atoms with Gasteiger partial charge in [-0.3, -0.25) is 0 Å². The van der Waals surface area contributed by atoms with E-state index in [1.807, 2.05) is 20.8 Å². The third-order valence-electron chi connectivity index (χ3n) is 5.18. The van der Waals surface area contributed by atoms with Crippen molar-refractivity contribution in [3.8, 4) is 6.07 Å². The third-order valence-corrected chi connectivity index (χ3v) is 5.18. The molecular formula is C20H37NO3. The average molecular weight is 340 g/mol. The lowest BCUT2D eigenvalue weighted by molar-refractivity contribution is -0.386. The van der Waals surface area contributed by atoms with Gasteiger partial charge in [0.15, 0.2) is 0 Å². The minimum absolute atomic E-state index is 0.404. The summed E-state index contributed by atoms with van der Waals surface area (Å²) in [6, 6.07) is 2.64. The maximum absolute atomic E-state index is 10.0. The van der Waals surface area contributed by atoms with E-state index >= 15 is 0 Å². The molecule has 0 bridgehead atoms.